The molecule has 0 aliphatic heterocycles. The van der Waals surface area contributed by atoms with Crippen molar-refractivity contribution in [2.45, 2.75) is 13.5 Å². The Bertz CT molecular complexity index is 1270. The molecule has 1 N–H and O–H groups in total. The van der Waals surface area contributed by atoms with Gasteiger partial charge in [-0.05, 0) is 31.2 Å². The van der Waals surface area contributed by atoms with E-state index < -0.39 is 4.92 Å². The number of rotatable bonds is 6. The number of nitrogens with zero attached hydrogens (tertiary/aromatic N) is 4. The Hall–Kier alpha value is -4.27. The number of amides is 1. The molecule has 0 unspecified atom stereocenters. The Morgan fingerprint density at radius 2 is 2.07 bits per heavy atom. The lowest BCUT2D eigenvalue weighted by molar-refractivity contribution is -0.384. The fourth-order valence-corrected chi connectivity index (χ4v) is 3.09. The number of benzene rings is 2. The van der Waals surface area contributed by atoms with Crippen molar-refractivity contribution in [2.24, 2.45) is 5.10 Å². The minimum Gasteiger partial charge on any atom is -0.455 e. The number of para-hydroxylation sites is 2. The first kappa shape index (κ1) is 19.1. The van der Waals surface area contributed by atoms with Crippen LogP contribution in [0.1, 0.15) is 11.6 Å². The summed E-state index contributed by atoms with van der Waals surface area (Å²) in [5.74, 6) is 1.30. The van der Waals surface area contributed by atoms with E-state index in [1.807, 2.05) is 35.8 Å². The van der Waals surface area contributed by atoms with Crippen LogP contribution in [0.2, 0.25) is 0 Å². The Kier molecular flexibility index (Phi) is 5.08. The van der Waals surface area contributed by atoms with Crippen LogP contribution in [-0.2, 0) is 11.3 Å². The number of aryl methyl sites for hydroxylation is 1. The summed E-state index contributed by atoms with van der Waals surface area (Å²) in [7, 11) is 0. The molecule has 0 fully saturated rings. The zero-order valence-electron chi connectivity index (χ0n) is 16.0. The van der Waals surface area contributed by atoms with Crippen molar-refractivity contribution < 1.29 is 14.1 Å². The molecule has 9 nitrogen and oxygen atoms in total. The fraction of sp³-hybridized carbons (Fsp3) is 0.0952. The predicted molar refractivity (Wildman–Crippen MR) is 111 cm³/mol. The Morgan fingerprint density at radius 3 is 2.90 bits per heavy atom. The second-order valence-corrected chi connectivity index (χ2v) is 6.54. The number of aromatic nitrogens is 2. The van der Waals surface area contributed by atoms with Gasteiger partial charge in [0.15, 0.2) is 0 Å². The third-order valence-corrected chi connectivity index (χ3v) is 4.50. The normalized spacial score (nSPS) is 11.2. The van der Waals surface area contributed by atoms with Gasteiger partial charge in [0.2, 0.25) is 0 Å². The third-order valence-electron chi connectivity index (χ3n) is 4.50. The fourth-order valence-electron chi connectivity index (χ4n) is 3.09. The quantitative estimate of drug-likeness (QED) is 0.300. The highest BCUT2D eigenvalue weighted by atomic mass is 16.6. The summed E-state index contributed by atoms with van der Waals surface area (Å²) in [5, 5.41) is 14.8. The number of carbonyl (C=O) groups excluding carboxylic acids is 1. The van der Waals surface area contributed by atoms with Crippen LogP contribution in [0.4, 0.5) is 5.69 Å². The van der Waals surface area contributed by atoms with Crippen molar-refractivity contribution >= 4 is 28.8 Å². The lowest BCUT2D eigenvalue weighted by Gasteiger charge is -2.05. The molecule has 30 heavy (non-hydrogen) atoms. The first-order valence-corrected chi connectivity index (χ1v) is 9.10. The van der Waals surface area contributed by atoms with Gasteiger partial charge in [0.1, 0.15) is 23.9 Å². The summed E-state index contributed by atoms with van der Waals surface area (Å²) in [5.41, 5.74) is 4.73. The van der Waals surface area contributed by atoms with Gasteiger partial charge in [-0.1, -0.05) is 24.3 Å². The van der Waals surface area contributed by atoms with Crippen LogP contribution >= 0.6 is 0 Å². The first-order chi connectivity index (χ1) is 14.5. The van der Waals surface area contributed by atoms with E-state index in [1.165, 1.54) is 18.3 Å². The molecule has 150 valence electrons. The molecule has 0 spiro atoms. The van der Waals surface area contributed by atoms with Gasteiger partial charge in [-0.2, -0.15) is 5.10 Å². The number of nitro benzene ring substituents is 1. The van der Waals surface area contributed by atoms with E-state index >= 15 is 0 Å². The molecule has 2 aromatic heterocycles. The van der Waals surface area contributed by atoms with Crippen LogP contribution < -0.4 is 5.43 Å². The summed E-state index contributed by atoms with van der Waals surface area (Å²) in [6, 6.07) is 17.1. The largest absolute Gasteiger partial charge is 0.455 e. The standard InChI is InChI=1S/C21H17N5O4/c1-14-23-18-7-2-3-8-19(18)25(14)13-21(27)24-22-12-17-9-10-20(30-17)15-5-4-6-16(11-15)26(28)29/h2-12H,13H2,1H3,(H,24,27)/b22-12-. The van der Waals surface area contributed by atoms with E-state index in [4.69, 9.17) is 4.42 Å². The maximum absolute atomic E-state index is 12.3. The molecule has 0 aliphatic carbocycles. The van der Waals surface area contributed by atoms with Gasteiger partial charge < -0.3 is 8.98 Å². The Balaban J connectivity index is 1.41. The molecular weight excluding hydrogens is 386 g/mol. The lowest BCUT2D eigenvalue weighted by atomic mass is 10.1. The van der Waals surface area contributed by atoms with Gasteiger partial charge in [-0.15, -0.1) is 0 Å². The number of non-ortho nitro benzene ring substituents is 1. The summed E-state index contributed by atoms with van der Waals surface area (Å²) in [6.45, 7) is 1.93. The van der Waals surface area contributed by atoms with Crippen LogP contribution in [-0.4, -0.2) is 26.6 Å². The number of imidazole rings is 1. The number of nitrogens with one attached hydrogen (secondary N) is 1. The lowest BCUT2D eigenvalue weighted by Crippen LogP contribution is -2.23. The minimum absolute atomic E-state index is 0.0197. The van der Waals surface area contributed by atoms with Crippen LogP contribution in [0.5, 0.6) is 0 Å². The minimum atomic E-state index is -0.463. The summed E-state index contributed by atoms with van der Waals surface area (Å²) < 4.78 is 7.44. The van der Waals surface area contributed by atoms with Crippen molar-refractivity contribution in [3.63, 3.8) is 0 Å². The highest BCUT2D eigenvalue weighted by Gasteiger charge is 2.11. The number of hydrogen-bond donors (Lipinski definition) is 1. The SMILES string of the molecule is Cc1nc2ccccc2n1CC(=O)N/N=C\c1ccc(-c2cccc([N+](=O)[O-])c2)o1. The van der Waals surface area contributed by atoms with Crippen molar-refractivity contribution in [3.8, 4) is 11.3 Å². The number of nitro groups is 1. The molecule has 0 saturated carbocycles. The highest BCUT2D eigenvalue weighted by molar-refractivity contribution is 5.83. The summed E-state index contributed by atoms with van der Waals surface area (Å²) >= 11 is 0. The first-order valence-electron chi connectivity index (χ1n) is 9.10. The van der Waals surface area contributed by atoms with Crippen LogP contribution in [0.25, 0.3) is 22.4 Å². The third kappa shape index (κ3) is 3.95. The van der Waals surface area contributed by atoms with E-state index in [9.17, 15) is 14.9 Å². The summed E-state index contributed by atoms with van der Waals surface area (Å²) in [6.07, 6.45) is 1.37. The second-order valence-electron chi connectivity index (χ2n) is 6.54. The monoisotopic (exact) mass is 403 g/mol. The van der Waals surface area contributed by atoms with E-state index in [-0.39, 0.29) is 18.1 Å². The van der Waals surface area contributed by atoms with Gasteiger partial charge >= 0.3 is 0 Å². The van der Waals surface area contributed by atoms with E-state index in [2.05, 4.69) is 15.5 Å². The second kappa shape index (κ2) is 8.00. The van der Waals surface area contributed by atoms with Gasteiger partial charge in [-0.25, -0.2) is 10.4 Å². The average Bonchev–Trinajstić information content (AvgIpc) is 3.33. The number of carbonyl (C=O) groups is 1. The molecule has 2 heterocycles. The highest BCUT2D eigenvalue weighted by Crippen LogP contribution is 2.25. The van der Waals surface area contributed by atoms with Crippen LogP contribution in [0.15, 0.2) is 70.2 Å². The molecule has 4 aromatic rings. The van der Waals surface area contributed by atoms with E-state index in [0.29, 0.717) is 17.1 Å². The zero-order chi connectivity index (χ0) is 21.1. The maximum Gasteiger partial charge on any atom is 0.270 e. The Labute approximate surface area is 170 Å². The molecule has 2 aromatic carbocycles. The van der Waals surface area contributed by atoms with Crippen molar-refractivity contribution in [2.75, 3.05) is 0 Å². The number of hydrogen-bond acceptors (Lipinski definition) is 6. The molecule has 0 atom stereocenters. The molecule has 0 saturated heterocycles. The van der Waals surface area contributed by atoms with Crippen LogP contribution in [0, 0.1) is 17.0 Å². The maximum atomic E-state index is 12.3. The number of fused-ring (bicyclic) bond motifs is 1. The van der Waals surface area contributed by atoms with Crippen molar-refractivity contribution in [3.05, 3.63) is 82.4 Å². The molecule has 0 bridgehead atoms. The van der Waals surface area contributed by atoms with Gasteiger partial charge in [0.25, 0.3) is 11.6 Å². The van der Waals surface area contributed by atoms with Crippen molar-refractivity contribution in [1.29, 1.82) is 0 Å². The molecule has 0 aliphatic rings. The van der Waals surface area contributed by atoms with Gasteiger partial charge in [-0.3, -0.25) is 14.9 Å². The molecule has 9 heteroatoms. The molecule has 1 amide bonds. The van der Waals surface area contributed by atoms with Gasteiger partial charge in [0.05, 0.1) is 22.2 Å². The number of furan rings is 1. The molecular formula is C21H17N5O4. The van der Waals surface area contributed by atoms with Gasteiger partial charge in [0, 0.05) is 17.7 Å². The predicted octanol–water partition coefficient (Wildman–Crippen LogP) is 3.66. The zero-order valence-corrected chi connectivity index (χ0v) is 16.0. The average molecular weight is 403 g/mol. The topological polar surface area (TPSA) is 116 Å². The van der Waals surface area contributed by atoms with Crippen LogP contribution in [0.3, 0.4) is 0 Å². The van der Waals surface area contributed by atoms with Crippen molar-refractivity contribution in [1.82, 2.24) is 15.0 Å². The van der Waals surface area contributed by atoms with E-state index in [0.717, 1.165) is 16.9 Å². The Morgan fingerprint density at radius 1 is 1.23 bits per heavy atom. The summed E-state index contributed by atoms with van der Waals surface area (Å²) in [4.78, 5) is 27.1. The molecule has 4 rings (SSSR count). The van der Waals surface area contributed by atoms with E-state index in [1.54, 1.807) is 24.3 Å². The molecule has 0 radical (unpaired) electrons. The smallest absolute Gasteiger partial charge is 0.270 e. The number of hydrazone groups is 1.